The van der Waals surface area contributed by atoms with Crippen LogP contribution in [0, 0.1) is 0 Å². The van der Waals surface area contributed by atoms with Gasteiger partial charge in [0.05, 0.1) is 5.60 Å². The Hall–Kier alpha value is -2.08. The standard InChI is InChI=1S/C15H23N3O3/c1-15(2,3)21-11-14(19)18(10-9-13(16)17-20)12-7-5-4-6-8-12/h4-8,20H,9-11H2,1-3H3,(H2,16,17). The molecule has 21 heavy (non-hydrogen) atoms. The van der Waals surface area contributed by atoms with Crippen molar-refractivity contribution >= 4 is 17.4 Å². The lowest BCUT2D eigenvalue weighted by Gasteiger charge is -2.25. The molecule has 0 saturated heterocycles. The molecule has 1 rings (SSSR count). The molecule has 1 aromatic carbocycles. The number of benzene rings is 1. The van der Waals surface area contributed by atoms with E-state index in [1.54, 1.807) is 4.90 Å². The molecule has 1 amide bonds. The summed E-state index contributed by atoms with van der Waals surface area (Å²) in [5.74, 6) is -0.0812. The molecule has 0 atom stereocenters. The van der Waals surface area contributed by atoms with Gasteiger partial charge in [0.15, 0.2) is 0 Å². The Morgan fingerprint density at radius 1 is 1.33 bits per heavy atom. The summed E-state index contributed by atoms with van der Waals surface area (Å²) in [5.41, 5.74) is 5.84. The van der Waals surface area contributed by atoms with Crippen molar-refractivity contribution in [2.24, 2.45) is 10.9 Å². The minimum Gasteiger partial charge on any atom is -0.409 e. The maximum absolute atomic E-state index is 12.3. The molecule has 0 aliphatic heterocycles. The topological polar surface area (TPSA) is 88.2 Å². The number of amides is 1. The fourth-order valence-corrected chi connectivity index (χ4v) is 1.64. The first kappa shape index (κ1) is 17.0. The van der Waals surface area contributed by atoms with E-state index >= 15 is 0 Å². The van der Waals surface area contributed by atoms with E-state index < -0.39 is 0 Å². The first-order valence-electron chi connectivity index (χ1n) is 6.79. The maximum atomic E-state index is 12.3. The lowest BCUT2D eigenvalue weighted by atomic mass is 10.2. The number of nitrogens with zero attached hydrogens (tertiary/aromatic N) is 2. The fraction of sp³-hybridized carbons (Fsp3) is 0.467. The summed E-state index contributed by atoms with van der Waals surface area (Å²) in [6, 6.07) is 9.25. The number of ether oxygens (including phenoxy) is 1. The molecule has 0 saturated carbocycles. The average molecular weight is 293 g/mol. The summed E-state index contributed by atoms with van der Waals surface area (Å²) in [7, 11) is 0. The largest absolute Gasteiger partial charge is 0.409 e. The van der Waals surface area contributed by atoms with Crippen molar-refractivity contribution in [3.63, 3.8) is 0 Å². The Morgan fingerprint density at radius 3 is 2.48 bits per heavy atom. The summed E-state index contributed by atoms with van der Waals surface area (Å²) in [5, 5.41) is 11.5. The van der Waals surface area contributed by atoms with E-state index in [-0.39, 0.29) is 30.4 Å². The summed E-state index contributed by atoms with van der Waals surface area (Å²) in [6.45, 7) is 5.98. The number of para-hydroxylation sites is 1. The lowest BCUT2D eigenvalue weighted by Crippen LogP contribution is -2.38. The number of amidine groups is 1. The van der Waals surface area contributed by atoms with E-state index in [2.05, 4.69) is 5.16 Å². The van der Waals surface area contributed by atoms with Gasteiger partial charge in [-0.2, -0.15) is 0 Å². The third kappa shape index (κ3) is 6.27. The van der Waals surface area contributed by atoms with Gasteiger partial charge in [-0.3, -0.25) is 4.79 Å². The van der Waals surface area contributed by atoms with Gasteiger partial charge >= 0.3 is 0 Å². The monoisotopic (exact) mass is 293 g/mol. The zero-order chi connectivity index (χ0) is 15.9. The smallest absolute Gasteiger partial charge is 0.253 e. The predicted octanol–water partition coefficient (Wildman–Crippen LogP) is 1.97. The molecular formula is C15H23N3O3. The molecule has 3 N–H and O–H groups in total. The number of hydrogen-bond donors (Lipinski definition) is 2. The summed E-state index contributed by atoms with van der Waals surface area (Å²) in [6.07, 6.45) is 0.284. The average Bonchev–Trinajstić information content (AvgIpc) is 2.45. The van der Waals surface area contributed by atoms with Crippen molar-refractivity contribution < 1.29 is 14.7 Å². The third-order valence-corrected chi connectivity index (χ3v) is 2.72. The highest BCUT2D eigenvalue weighted by Crippen LogP contribution is 2.15. The van der Waals surface area contributed by atoms with Crippen molar-refractivity contribution in [3.05, 3.63) is 30.3 Å². The van der Waals surface area contributed by atoms with Crippen LogP contribution in [-0.2, 0) is 9.53 Å². The second kappa shape index (κ2) is 7.64. The summed E-state index contributed by atoms with van der Waals surface area (Å²) >= 11 is 0. The van der Waals surface area contributed by atoms with Crippen LogP contribution in [0.3, 0.4) is 0 Å². The predicted molar refractivity (Wildman–Crippen MR) is 82.5 cm³/mol. The molecule has 0 radical (unpaired) electrons. The number of anilines is 1. The van der Waals surface area contributed by atoms with E-state index in [0.717, 1.165) is 5.69 Å². The zero-order valence-corrected chi connectivity index (χ0v) is 12.7. The second-order valence-electron chi connectivity index (χ2n) is 5.62. The van der Waals surface area contributed by atoms with Crippen molar-refractivity contribution in [1.82, 2.24) is 0 Å². The molecule has 0 aromatic heterocycles. The Bertz CT molecular complexity index is 481. The van der Waals surface area contributed by atoms with Gasteiger partial charge in [-0.05, 0) is 32.9 Å². The van der Waals surface area contributed by atoms with Crippen molar-refractivity contribution in [2.45, 2.75) is 32.8 Å². The molecule has 116 valence electrons. The lowest BCUT2D eigenvalue weighted by molar-refractivity contribution is -0.127. The molecule has 0 heterocycles. The molecule has 0 bridgehead atoms. The number of oxime groups is 1. The first-order valence-corrected chi connectivity index (χ1v) is 6.79. The van der Waals surface area contributed by atoms with E-state index in [9.17, 15) is 4.79 Å². The first-order chi connectivity index (χ1) is 9.83. The van der Waals surface area contributed by atoms with Crippen LogP contribution in [0.5, 0.6) is 0 Å². The third-order valence-electron chi connectivity index (χ3n) is 2.72. The highest BCUT2D eigenvalue weighted by molar-refractivity contribution is 5.95. The van der Waals surface area contributed by atoms with Crippen molar-refractivity contribution in [1.29, 1.82) is 0 Å². The zero-order valence-electron chi connectivity index (χ0n) is 12.7. The molecule has 6 heteroatoms. The Balaban J connectivity index is 2.79. The minimum absolute atomic E-state index is 0.0193. The van der Waals surface area contributed by atoms with Crippen molar-refractivity contribution in [2.75, 3.05) is 18.1 Å². The second-order valence-corrected chi connectivity index (χ2v) is 5.62. The van der Waals surface area contributed by atoms with Crippen LogP contribution < -0.4 is 10.6 Å². The molecule has 0 spiro atoms. The minimum atomic E-state index is -0.385. The normalized spacial score (nSPS) is 12.2. The van der Waals surface area contributed by atoms with Gasteiger partial charge in [-0.25, -0.2) is 0 Å². The number of rotatable bonds is 6. The van der Waals surface area contributed by atoms with Crippen molar-refractivity contribution in [3.8, 4) is 0 Å². The Morgan fingerprint density at radius 2 is 1.95 bits per heavy atom. The molecule has 6 nitrogen and oxygen atoms in total. The van der Waals surface area contributed by atoms with Gasteiger partial charge < -0.3 is 20.6 Å². The molecule has 0 unspecified atom stereocenters. The van der Waals surface area contributed by atoms with E-state index in [1.807, 2.05) is 51.1 Å². The van der Waals surface area contributed by atoms with E-state index in [4.69, 9.17) is 15.7 Å². The number of hydrogen-bond acceptors (Lipinski definition) is 4. The van der Waals surface area contributed by atoms with Crippen LogP contribution in [0.1, 0.15) is 27.2 Å². The molecule has 0 fully saturated rings. The number of carbonyl (C=O) groups excluding carboxylic acids is 1. The van der Waals surface area contributed by atoms with Crippen LogP contribution in [0.25, 0.3) is 0 Å². The van der Waals surface area contributed by atoms with Gasteiger partial charge in [0.25, 0.3) is 5.91 Å². The van der Waals surface area contributed by atoms with Crippen LogP contribution in [0.2, 0.25) is 0 Å². The van der Waals surface area contributed by atoms with Gasteiger partial charge in [-0.1, -0.05) is 23.4 Å². The maximum Gasteiger partial charge on any atom is 0.253 e. The quantitative estimate of drug-likeness (QED) is 0.363. The van der Waals surface area contributed by atoms with Gasteiger partial charge in [0, 0.05) is 18.7 Å². The molecule has 0 aliphatic carbocycles. The van der Waals surface area contributed by atoms with Crippen LogP contribution in [0.15, 0.2) is 35.5 Å². The molecule has 1 aromatic rings. The highest BCUT2D eigenvalue weighted by Gasteiger charge is 2.19. The Labute approximate surface area is 125 Å². The van der Waals surface area contributed by atoms with E-state index in [1.165, 1.54) is 0 Å². The van der Waals surface area contributed by atoms with E-state index in [0.29, 0.717) is 6.54 Å². The van der Waals surface area contributed by atoms with Crippen LogP contribution in [0.4, 0.5) is 5.69 Å². The van der Waals surface area contributed by atoms with Gasteiger partial charge in [0.2, 0.25) is 0 Å². The SMILES string of the molecule is CC(C)(C)OCC(=O)N(CC/C(N)=N/O)c1ccccc1. The summed E-state index contributed by atoms with van der Waals surface area (Å²) in [4.78, 5) is 13.9. The fourth-order valence-electron chi connectivity index (χ4n) is 1.64. The Kier molecular flexibility index (Phi) is 6.17. The number of nitrogens with two attached hydrogens (primary N) is 1. The molecule has 0 aliphatic rings. The highest BCUT2D eigenvalue weighted by atomic mass is 16.5. The summed E-state index contributed by atoms with van der Waals surface area (Å²) < 4.78 is 5.52. The number of carbonyl (C=O) groups is 1. The van der Waals surface area contributed by atoms with Crippen LogP contribution >= 0.6 is 0 Å². The van der Waals surface area contributed by atoms with Crippen LogP contribution in [-0.4, -0.2) is 35.7 Å². The van der Waals surface area contributed by atoms with Gasteiger partial charge in [0.1, 0.15) is 12.4 Å². The molecular weight excluding hydrogens is 270 g/mol. The van der Waals surface area contributed by atoms with Gasteiger partial charge in [-0.15, -0.1) is 0 Å².